The Balaban J connectivity index is 2.55. The second kappa shape index (κ2) is 5.60. The Bertz CT molecular complexity index is 331. The van der Waals surface area contributed by atoms with E-state index in [-0.39, 0.29) is 32.1 Å². The summed E-state index contributed by atoms with van der Waals surface area (Å²) in [4.78, 5) is 33.1. The molecule has 8 heteroatoms. The van der Waals surface area contributed by atoms with Gasteiger partial charge in [0.2, 0.25) is 0 Å². The highest BCUT2D eigenvalue weighted by Crippen LogP contribution is 2.17. The van der Waals surface area contributed by atoms with Crippen molar-refractivity contribution < 1.29 is 29.7 Å². The molecule has 2 atom stereocenters. The van der Waals surface area contributed by atoms with Gasteiger partial charge in [-0.15, -0.1) is 0 Å². The maximum Gasteiger partial charge on any atom is 0.320 e. The van der Waals surface area contributed by atoms with E-state index < -0.39 is 23.9 Å². The Labute approximate surface area is 96.8 Å². The van der Waals surface area contributed by atoms with Crippen LogP contribution in [0.15, 0.2) is 0 Å². The zero-order chi connectivity index (χ0) is 13.0. The van der Waals surface area contributed by atoms with E-state index in [0.717, 1.165) is 0 Å². The quantitative estimate of drug-likeness (QED) is 0.435. The molecule has 0 bridgehead atoms. The fraction of sp³-hybridized carbons (Fsp3) is 0.667. The van der Waals surface area contributed by atoms with Gasteiger partial charge in [-0.05, 0) is 6.42 Å². The molecule has 96 valence electrons. The summed E-state index contributed by atoms with van der Waals surface area (Å²) >= 11 is 0. The van der Waals surface area contributed by atoms with E-state index in [1.54, 1.807) is 0 Å². The average Bonchev–Trinajstić information content (AvgIpc) is 2.57. The molecular weight excluding hydrogens is 232 g/mol. The van der Waals surface area contributed by atoms with Gasteiger partial charge in [0.15, 0.2) is 0 Å². The molecule has 1 saturated heterocycles. The lowest BCUT2D eigenvalue weighted by Gasteiger charge is -2.17. The number of rotatable bonds is 6. The molecule has 1 unspecified atom stereocenters. The molecule has 0 spiro atoms. The van der Waals surface area contributed by atoms with Crippen LogP contribution in [0.1, 0.15) is 6.42 Å². The smallest absolute Gasteiger partial charge is 0.320 e. The molecule has 0 aromatic carbocycles. The summed E-state index contributed by atoms with van der Waals surface area (Å²) in [6.07, 6.45) is 0.204. The summed E-state index contributed by atoms with van der Waals surface area (Å²) < 4.78 is 0. The number of carbonyl (C=O) groups is 3. The summed E-state index contributed by atoms with van der Waals surface area (Å²) in [5.74, 6) is -3.23. The van der Waals surface area contributed by atoms with Gasteiger partial charge in [0.05, 0.1) is 13.1 Å². The Hall–Kier alpha value is -1.67. The fourth-order valence-corrected chi connectivity index (χ4v) is 1.89. The third-order valence-corrected chi connectivity index (χ3v) is 2.57. The molecule has 0 amide bonds. The number of hydrogen-bond donors (Lipinski definition) is 4. The van der Waals surface area contributed by atoms with Crippen molar-refractivity contribution in [1.82, 2.24) is 10.2 Å². The average molecular weight is 246 g/mol. The van der Waals surface area contributed by atoms with Gasteiger partial charge >= 0.3 is 17.9 Å². The molecule has 1 rings (SSSR count). The van der Waals surface area contributed by atoms with Gasteiger partial charge < -0.3 is 20.6 Å². The van der Waals surface area contributed by atoms with E-state index in [1.807, 2.05) is 0 Å². The normalized spacial score (nSPS) is 24.7. The van der Waals surface area contributed by atoms with E-state index in [0.29, 0.717) is 0 Å². The topological polar surface area (TPSA) is 127 Å². The van der Waals surface area contributed by atoms with Crippen LogP contribution in [-0.4, -0.2) is 69.8 Å². The summed E-state index contributed by atoms with van der Waals surface area (Å²) in [7, 11) is 0. The van der Waals surface area contributed by atoms with Crippen LogP contribution in [0, 0.1) is 0 Å². The summed E-state index contributed by atoms with van der Waals surface area (Å²) in [5, 5.41) is 28.7. The first-order chi connectivity index (χ1) is 7.90. The molecule has 0 aromatic heterocycles. The van der Waals surface area contributed by atoms with Crippen LogP contribution < -0.4 is 5.32 Å². The van der Waals surface area contributed by atoms with Crippen LogP contribution in [0.25, 0.3) is 0 Å². The molecule has 0 saturated carbocycles. The van der Waals surface area contributed by atoms with E-state index in [1.165, 1.54) is 4.90 Å². The number of nitrogens with zero attached hydrogens (tertiary/aromatic N) is 1. The first kappa shape index (κ1) is 13.4. The van der Waals surface area contributed by atoms with Crippen LogP contribution in [0.4, 0.5) is 0 Å². The van der Waals surface area contributed by atoms with Crippen LogP contribution in [0.2, 0.25) is 0 Å². The minimum atomic E-state index is -1.10. The Kier molecular flexibility index (Phi) is 4.41. The minimum absolute atomic E-state index is 0.204. The summed E-state index contributed by atoms with van der Waals surface area (Å²) in [6, 6.07) is -1.19. The number of likely N-dealkylation sites (tertiary alicyclic amines) is 1. The number of aliphatic carboxylic acids is 3. The van der Waals surface area contributed by atoms with Gasteiger partial charge in [-0.1, -0.05) is 0 Å². The first-order valence-electron chi connectivity index (χ1n) is 5.04. The summed E-state index contributed by atoms with van der Waals surface area (Å²) in [6.45, 7) is -0.406. The lowest BCUT2D eigenvalue weighted by atomic mass is 10.2. The number of carboxylic acid groups (broad SMARTS) is 3. The van der Waals surface area contributed by atoms with E-state index in [9.17, 15) is 14.4 Å². The number of hydrogen-bond acceptors (Lipinski definition) is 5. The highest BCUT2D eigenvalue weighted by atomic mass is 16.4. The molecular formula is C9H14N2O6. The maximum absolute atomic E-state index is 10.9. The van der Waals surface area contributed by atoms with Crippen molar-refractivity contribution in [1.29, 1.82) is 0 Å². The van der Waals surface area contributed by atoms with Gasteiger partial charge in [-0.25, -0.2) is 0 Å². The molecule has 0 aromatic rings. The molecule has 1 fully saturated rings. The SMILES string of the molecule is O=C(O)CNC1C[C@@H](C(=O)O)N(CC(=O)O)C1. The number of nitrogens with one attached hydrogen (secondary N) is 1. The van der Waals surface area contributed by atoms with Gasteiger partial charge in [-0.2, -0.15) is 0 Å². The van der Waals surface area contributed by atoms with E-state index in [2.05, 4.69) is 5.32 Å². The van der Waals surface area contributed by atoms with Crippen molar-refractivity contribution in [3.8, 4) is 0 Å². The zero-order valence-electron chi connectivity index (χ0n) is 9.00. The van der Waals surface area contributed by atoms with Gasteiger partial charge in [0.25, 0.3) is 0 Å². The van der Waals surface area contributed by atoms with Gasteiger partial charge in [0, 0.05) is 12.6 Å². The highest BCUT2D eigenvalue weighted by Gasteiger charge is 2.37. The Morgan fingerprint density at radius 1 is 1.18 bits per heavy atom. The summed E-state index contributed by atoms with van der Waals surface area (Å²) in [5.41, 5.74) is 0. The predicted octanol–water partition coefficient (Wildman–Crippen LogP) is -1.73. The fourth-order valence-electron chi connectivity index (χ4n) is 1.89. The molecule has 0 aliphatic carbocycles. The lowest BCUT2D eigenvalue weighted by Crippen LogP contribution is -2.40. The van der Waals surface area contributed by atoms with Crippen molar-refractivity contribution in [3.05, 3.63) is 0 Å². The number of carboxylic acids is 3. The predicted molar refractivity (Wildman–Crippen MR) is 54.7 cm³/mol. The molecule has 17 heavy (non-hydrogen) atoms. The molecule has 1 aliphatic rings. The Morgan fingerprint density at radius 2 is 1.82 bits per heavy atom. The van der Waals surface area contributed by atoms with Crippen molar-refractivity contribution in [3.63, 3.8) is 0 Å². The second-order valence-electron chi connectivity index (χ2n) is 3.88. The third kappa shape index (κ3) is 4.00. The largest absolute Gasteiger partial charge is 0.480 e. The molecule has 1 heterocycles. The van der Waals surface area contributed by atoms with Crippen LogP contribution in [0.3, 0.4) is 0 Å². The van der Waals surface area contributed by atoms with Crippen molar-refractivity contribution in [2.24, 2.45) is 0 Å². The monoisotopic (exact) mass is 246 g/mol. The molecule has 4 N–H and O–H groups in total. The Morgan fingerprint density at radius 3 is 2.29 bits per heavy atom. The molecule has 8 nitrogen and oxygen atoms in total. The van der Waals surface area contributed by atoms with Crippen molar-refractivity contribution >= 4 is 17.9 Å². The molecule has 1 aliphatic heterocycles. The standard InChI is InChI=1S/C9H14N2O6/c12-7(13)2-10-5-1-6(9(16)17)11(3-5)4-8(14)15/h5-6,10H,1-4H2,(H,12,13)(H,14,15)(H,16,17)/t5?,6-/m0/s1. The van der Waals surface area contributed by atoms with Gasteiger partial charge in [0.1, 0.15) is 6.04 Å². The lowest BCUT2D eigenvalue weighted by molar-refractivity contribution is -0.144. The van der Waals surface area contributed by atoms with E-state index >= 15 is 0 Å². The van der Waals surface area contributed by atoms with Crippen LogP contribution in [0.5, 0.6) is 0 Å². The zero-order valence-corrected chi connectivity index (χ0v) is 9.00. The first-order valence-corrected chi connectivity index (χ1v) is 5.04. The van der Waals surface area contributed by atoms with Gasteiger partial charge in [-0.3, -0.25) is 19.3 Å². The van der Waals surface area contributed by atoms with E-state index in [4.69, 9.17) is 15.3 Å². The highest BCUT2D eigenvalue weighted by molar-refractivity contribution is 5.76. The van der Waals surface area contributed by atoms with Crippen molar-refractivity contribution in [2.45, 2.75) is 18.5 Å². The third-order valence-electron chi connectivity index (χ3n) is 2.57. The van der Waals surface area contributed by atoms with Crippen LogP contribution in [-0.2, 0) is 14.4 Å². The van der Waals surface area contributed by atoms with Crippen molar-refractivity contribution in [2.75, 3.05) is 19.6 Å². The maximum atomic E-state index is 10.9. The minimum Gasteiger partial charge on any atom is -0.480 e. The second-order valence-corrected chi connectivity index (χ2v) is 3.88. The molecule has 0 radical (unpaired) electrons. The van der Waals surface area contributed by atoms with Crippen LogP contribution >= 0.6 is 0 Å².